The smallest absolute Gasteiger partial charge is 0.139 e. The van der Waals surface area contributed by atoms with Crippen molar-refractivity contribution >= 4 is 27.6 Å². The van der Waals surface area contributed by atoms with Crippen LogP contribution in [-0.2, 0) is 11.8 Å². The molecule has 1 aliphatic rings. The summed E-state index contributed by atoms with van der Waals surface area (Å²) in [5, 5.41) is 11.0. The van der Waals surface area contributed by atoms with Crippen LogP contribution in [0.15, 0.2) is 36.8 Å². The summed E-state index contributed by atoms with van der Waals surface area (Å²) in [6.07, 6.45) is 6.03. The standard InChI is InChI=1S/C22H26N6O/c1-14(2)27-8-6-16-20(27)12-23-25-21(16)18-11-19-17(5-7-26(19)4)22(24-18)28-9-10-29-13-15(28)3/h5-8,11-12,14-15H,9-10,13H2,1-4H3/t15-/m1/s1. The first-order valence-electron chi connectivity index (χ1n) is 10.2. The maximum Gasteiger partial charge on any atom is 0.139 e. The first kappa shape index (κ1) is 18.1. The summed E-state index contributed by atoms with van der Waals surface area (Å²) in [5.41, 5.74) is 3.91. The lowest BCUT2D eigenvalue weighted by Crippen LogP contribution is -2.44. The lowest BCUT2D eigenvalue weighted by Gasteiger charge is -2.35. The number of fused-ring (bicyclic) bond motifs is 2. The SMILES string of the molecule is CC(C)n1ccc2c(-c3cc4c(ccn4C)c(N4CCOC[C@H]4C)n3)nncc21. The highest BCUT2D eigenvalue weighted by atomic mass is 16.5. The molecule has 1 fully saturated rings. The number of rotatable bonds is 3. The van der Waals surface area contributed by atoms with Crippen molar-refractivity contribution in [1.29, 1.82) is 0 Å². The van der Waals surface area contributed by atoms with Crippen molar-refractivity contribution in [1.82, 2.24) is 24.3 Å². The average Bonchev–Trinajstić information content (AvgIpc) is 3.32. The molecule has 0 radical (unpaired) electrons. The van der Waals surface area contributed by atoms with Crippen molar-refractivity contribution in [2.45, 2.75) is 32.9 Å². The van der Waals surface area contributed by atoms with Gasteiger partial charge in [0.25, 0.3) is 0 Å². The third-order valence-corrected chi connectivity index (χ3v) is 5.85. The Bertz CT molecular complexity index is 1190. The Balaban J connectivity index is 1.74. The molecular weight excluding hydrogens is 364 g/mol. The minimum absolute atomic E-state index is 0.277. The minimum Gasteiger partial charge on any atom is -0.377 e. The normalized spacial score (nSPS) is 17.7. The molecule has 0 aliphatic carbocycles. The van der Waals surface area contributed by atoms with Crippen LogP contribution in [-0.4, -0.2) is 50.1 Å². The Kier molecular flexibility index (Phi) is 4.28. The fourth-order valence-electron chi connectivity index (χ4n) is 4.26. The van der Waals surface area contributed by atoms with Crippen LogP contribution in [0, 0.1) is 0 Å². The Hall–Kier alpha value is -2.93. The molecule has 0 spiro atoms. The summed E-state index contributed by atoms with van der Waals surface area (Å²) < 4.78 is 10.0. The summed E-state index contributed by atoms with van der Waals surface area (Å²) >= 11 is 0. The summed E-state index contributed by atoms with van der Waals surface area (Å²) in [6.45, 7) is 8.80. The van der Waals surface area contributed by atoms with E-state index in [1.54, 1.807) is 0 Å². The third-order valence-electron chi connectivity index (χ3n) is 5.85. The molecule has 5 rings (SSSR count). The molecule has 0 aromatic carbocycles. The highest BCUT2D eigenvalue weighted by Gasteiger charge is 2.24. The van der Waals surface area contributed by atoms with E-state index < -0.39 is 0 Å². The van der Waals surface area contributed by atoms with Crippen molar-refractivity contribution in [3.8, 4) is 11.4 Å². The number of hydrogen-bond acceptors (Lipinski definition) is 5. The monoisotopic (exact) mass is 390 g/mol. The molecule has 0 saturated carbocycles. The molecule has 1 saturated heterocycles. The van der Waals surface area contributed by atoms with E-state index in [0.29, 0.717) is 12.6 Å². The fourth-order valence-corrected chi connectivity index (χ4v) is 4.26. The van der Waals surface area contributed by atoms with E-state index >= 15 is 0 Å². The lowest BCUT2D eigenvalue weighted by molar-refractivity contribution is 0.0987. The third kappa shape index (κ3) is 2.88. The van der Waals surface area contributed by atoms with Crippen molar-refractivity contribution in [2.24, 2.45) is 7.05 Å². The molecule has 1 aliphatic heterocycles. The van der Waals surface area contributed by atoms with Gasteiger partial charge in [-0.15, -0.1) is 5.10 Å². The van der Waals surface area contributed by atoms with E-state index in [-0.39, 0.29) is 6.04 Å². The average molecular weight is 390 g/mol. The zero-order valence-corrected chi connectivity index (χ0v) is 17.3. The predicted molar refractivity (Wildman–Crippen MR) is 115 cm³/mol. The van der Waals surface area contributed by atoms with E-state index in [4.69, 9.17) is 9.72 Å². The second-order valence-electron chi connectivity index (χ2n) is 8.12. The van der Waals surface area contributed by atoms with Gasteiger partial charge in [-0.2, -0.15) is 5.10 Å². The van der Waals surface area contributed by atoms with Gasteiger partial charge in [0, 0.05) is 42.8 Å². The number of anilines is 1. The fraction of sp³-hybridized carbons (Fsp3) is 0.409. The lowest BCUT2D eigenvalue weighted by atomic mass is 10.1. The van der Waals surface area contributed by atoms with Crippen LogP contribution in [0.4, 0.5) is 5.82 Å². The van der Waals surface area contributed by atoms with Gasteiger partial charge in [0.05, 0.1) is 42.2 Å². The van der Waals surface area contributed by atoms with E-state index in [0.717, 1.165) is 52.2 Å². The Labute approximate surface area is 169 Å². The van der Waals surface area contributed by atoms with Gasteiger partial charge in [0.15, 0.2) is 0 Å². The topological polar surface area (TPSA) is 61.0 Å². The van der Waals surface area contributed by atoms with Crippen LogP contribution >= 0.6 is 0 Å². The number of nitrogens with zero attached hydrogens (tertiary/aromatic N) is 6. The molecule has 7 nitrogen and oxygen atoms in total. The molecule has 29 heavy (non-hydrogen) atoms. The van der Waals surface area contributed by atoms with E-state index in [1.807, 2.05) is 6.20 Å². The number of morpholine rings is 1. The first-order chi connectivity index (χ1) is 14.0. The summed E-state index contributed by atoms with van der Waals surface area (Å²) in [6, 6.07) is 7.02. The second-order valence-corrected chi connectivity index (χ2v) is 8.12. The van der Waals surface area contributed by atoms with Gasteiger partial charge in [0.1, 0.15) is 11.5 Å². The molecule has 7 heteroatoms. The molecular formula is C22H26N6O. The van der Waals surface area contributed by atoms with Gasteiger partial charge < -0.3 is 18.8 Å². The van der Waals surface area contributed by atoms with Gasteiger partial charge >= 0.3 is 0 Å². The van der Waals surface area contributed by atoms with Crippen molar-refractivity contribution in [2.75, 3.05) is 24.7 Å². The van der Waals surface area contributed by atoms with Gasteiger partial charge in [-0.25, -0.2) is 4.98 Å². The number of aryl methyl sites for hydroxylation is 1. The second kappa shape index (κ2) is 6.84. The number of aromatic nitrogens is 5. The van der Waals surface area contributed by atoms with Gasteiger partial charge in [-0.05, 0) is 39.0 Å². The highest BCUT2D eigenvalue weighted by Crippen LogP contribution is 2.34. The van der Waals surface area contributed by atoms with Crippen LogP contribution in [0.2, 0.25) is 0 Å². The summed E-state index contributed by atoms with van der Waals surface area (Å²) in [7, 11) is 2.07. The first-order valence-corrected chi connectivity index (χ1v) is 10.2. The van der Waals surface area contributed by atoms with Gasteiger partial charge in [-0.3, -0.25) is 0 Å². The zero-order valence-electron chi connectivity index (χ0n) is 17.3. The zero-order chi connectivity index (χ0) is 20.1. The van der Waals surface area contributed by atoms with Crippen molar-refractivity contribution in [3.05, 3.63) is 36.8 Å². The highest BCUT2D eigenvalue weighted by molar-refractivity contribution is 5.97. The maximum absolute atomic E-state index is 5.65. The van der Waals surface area contributed by atoms with E-state index in [1.165, 1.54) is 0 Å². The molecule has 4 aromatic rings. The van der Waals surface area contributed by atoms with Crippen LogP contribution in [0.5, 0.6) is 0 Å². The van der Waals surface area contributed by atoms with E-state index in [2.05, 4.69) is 82.6 Å². The largest absolute Gasteiger partial charge is 0.377 e. The maximum atomic E-state index is 5.65. The predicted octanol–water partition coefficient (Wildman–Crippen LogP) is 3.79. The van der Waals surface area contributed by atoms with Crippen LogP contribution in [0.1, 0.15) is 26.8 Å². The summed E-state index contributed by atoms with van der Waals surface area (Å²) in [4.78, 5) is 7.46. The molecule has 5 heterocycles. The van der Waals surface area contributed by atoms with Crippen LogP contribution < -0.4 is 4.90 Å². The number of pyridine rings is 1. The molecule has 0 amide bonds. The van der Waals surface area contributed by atoms with Crippen molar-refractivity contribution in [3.63, 3.8) is 0 Å². The van der Waals surface area contributed by atoms with Gasteiger partial charge in [-0.1, -0.05) is 0 Å². The quantitative estimate of drug-likeness (QED) is 0.533. The molecule has 0 bridgehead atoms. The Morgan fingerprint density at radius 2 is 1.97 bits per heavy atom. The minimum atomic E-state index is 0.277. The molecule has 0 unspecified atom stereocenters. The number of ether oxygens (including phenoxy) is 1. The molecule has 150 valence electrons. The van der Waals surface area contributed by atoms with E-state index in [9.17, 15) is 0 Å². The molecule has 4 aromatic heterocycles. The number of hydrogen-bond donors (Lipinski definition) is 0. The van der Waals surface area contributed by atoms with Crippen LogP contribution in [0.25, 0.3) is 33.2 Å². The van der Waals surface area contributed by atoms with Crippen molar-refractivity contribution < 1.29 is 4.74 Å². The Morgan fingerprint density at radius 1 is 1.14 bits per heavy atom. The van der Waals surface area contributed by atoms with Gasteiger partial charge in [0.2, 0.25) is 0 Å². The Morgan fingerprint density at radius 3 is 2.76 bits per heavy atom. The van der Waals surface area contributed by atoms with Crippen LogP contribution in [0.3, 0.4) is 0 Å². The molecule has 0 N–H and O–H groups in total. The summed E-state index contributed by atoms with van der Waals surface area (Å²) in [5.74, 6) is 0.996. The molecule has 1 atom stereocenters.